The molecule has 0 aliphatic carbocycles. The predicted octanol–water partition coefficient (Wildman–Crippen LogP) is 2.75. The van der Waals surface area contributed by atoms with Crippen LogP contribution >= 0.6 is 0 Å². The van der Waals surface area contributed by atoms with Crippen LogP contribution in [0, 0.1) is 0 Å². The van der Waals surface area contributed by atoms with Crippen LogP contribution in [0.25, 0.3) is 0 Å². The zero-order chi connectivity index (χ0) is 14.4. The van der Waals surface area contributed by atoms with Gasteiger partial charge in [-0.05, 0) is 37.6 Å². The molecule has 2 aromatic heterocycles. The number of aromatic nitrogens is 3. The number of nitrogens with zero attached hydrogens (tertiary/aromatic N) is 3. The molecule has 1 atom stereocenters. The van der Waals surface area contributed by atoms with Crippen molar-refractivity contribution >= 4 is 0 Å². The van der Waals surface area contributed by atoms with E-state index in [2.05, 4.69) is 53.0 Å². The molecule has 4 nitrogen and oxygen atoms in total. The van der Waals surface area contributed by atoms with Crippen molar-refractivity contribution in [2.45, 2.75) is 46.2 Å². The molecule has 0 aliphatic rings. The van der Waals surface area contributed by atoms with Gasteiger partial charge in [0.05, 0.1) is 5.69 Å². The standard InChI is InChI=1S/C16H24N4/c1-4-14-10-15(20(6-3)19-14)11-16(18-5-2)13-8-7-9-17-12-13/h7-10,12,16,18H,4-6,11H2,1-3H3. The Balaban J connectivity index is 2.22. The highest BCUT2D eigenvalue weighted by atomic mass is 15.3. The van der Waals surface area contributed by atoms with E-state index in [-0.39, 0.29) is 0 Å². The lowest BCUT2D eigenvalue weighted by Gasteiger charge is -2.18. The lowest BCUT2D eigenvalue weighted by atomic mass is 10.0. The molecule has 0 bridgehead atoms. The summed E-state index contributed by atoms with van der Waals surface area (Å²) in [6.07, 6.45) is 5.69. The van der Waals surface area contributed by atoms with E-state index in [0.717, 1.165) is 25.9 Å². The molecule has 0 saturated heterocycles. The number of hydrogen-bond donors (Lipinski definition) is 1. The summed E-state index contributed by atoms with van der Waals surface area (Å²) in [5, 5.41) is 8.17. The van der Waals surface area contributed by atoms with Crippen LogP contribution in [0.3, 0.4) is 0 Å². The van der Waals surface area contributed by atoms with E-state index in [1.54, 1.807) is 0 Å². The molecule has 1 unspecified atom stereocenters. The topological polar surface area (TPSA) is 42.7 Å². The van der Waals surface area contributed by atoms with Crippen molar-refractivity contribution in [2.75, 3.05) is 6.54 Å². The Morgan fingerprint density at radius 1 is 1.30 bits per heavy atom. The van der Waals surface area contributed by atoms with Gasteiger partial charge in [0.15, 0.2) is 0 Å². The number of pyridine rings is 1. The van der Waals surface area contributed by atoms with E-state index in [4.69, 9.17) is 0 Å². The zero-order valence-electron chi connectivity index (χ0n) is 12.6. The summed E-state index contributed by atoms with van der Waals surface area (Å²) in [5.41, 5.74) is 3.69. The molecule has 0 amide bonds. The minimum absolute atomic E-state index is 0.292. The number of aryl methyl sites for hydroxylation is 2. The first kappa shape index (κ1) is 14.7. The molecule has 2 heterocycles. The van der Waals surface area contributed by atoms with Gasteiger partial charge in [-0.1, -0.05) is 19.9 Å². The fraction of sp³-hybridized carbons (Fsp3) is 0.500. The minimum atomic E-state index is 0.292. The van der Waals surface area contributed by atoms with Crippen LogP contribution in [0.5, 0.6) is 0 Å². The third kappa shape index (κ3) is 3.45. The van der Waals surface area contributed by atoms with Gasteiger partial charge in [0, 0.05) is 37.1 Å². The second-order valence-corrected chi connectivity index (χ2v) is 4.90. The van der Waals surface area contributed by atoms with E-state index < -0.39 is 0 Å². The maximum absolute atomic E-state index is 4.63. The van der Waals surface area contributed by atoms with E-state index in [1.807, 2.05) is 18.5 Å². The summed E-state index contributed by atoms with van der Waals surface area (Å²) in [5.74, 6) is 0. The van der Waals surface area contributed by atoms with Gasteiger partial charge in [0.25, 0.3) is 0 Å². The van der Waals surface area contributed by atoms with Crippen LogP contribution in [0.2, 0.25) is 0 Å². The third-order valence-corrected chi connectivity index (χ3v) is 3.53. The van der Waals surface area contributed by atoms with E-state index in [1.165, 1.54) is 17.0 Å². The van der Waals surface area contributed by atoms with Gasteiger partial charge >= 0.3 is 0 Å². The van der Waals surface area contributed by atoms with Crippen LogP contribution < -0.4 is 5.32 Å². The van der Waals surface area contributed by atoms with Crippen LogP contribution in [0.4, 0.5) is 0 Å². The molecule has 1 N–H and O–H groups in total. The third-order valence-electron chi connectivity index (χ3n) is 3.53. The Morgan fingerprint density at radius 2 is 2.15 bits per heavy atom. The molecule has 0 spiro atoms. The van der Waals surface area contributed by atoms with E-state index >= 15 is 0 Å². The highest BCUT2D eigenvalue weighted by molar-refractivity contribution is 5.19. The summed E-state index contributed by atoms with van der Waals surface area (Å²) >= 11 is 0. The molecule has 0 radical (unpaired) electrons. The van der Waals surface area contributed by atoms with Crippen molar-refractivity contribution in [3.63, 3.8) is 0 Å². The second-order valence-electron chi connectivity index (χ2n) is 4.90. The van der Waals surface area contributed by atoms with E-state index in [0.29, 0.717) is 6.04 Å². The highest BCUT2D eigenvalue weighted by Gasteiger charge is 2.15. The first-order chi connectivity index (χ1) is 9.78. The zero-order valence-corrected chi connectivity index (χ0v) is 12.6. The number of hydrogen-bond acceptors (Lipinski definition) is 3. The Hall–Kier alpha value is -1.68. The molecule has 2 rings (SSSR count). The summed E-state index contributed by atoms with van der Waals surface area (Å²) in [6.45, 7) is 8.29. The molecule has 0 saturated carbocycles. The molecular weight excluding hydrogens is 248 g/mol. The lowest BCUT2D eigenvalue weighted by molar-refractivity contribution is 0.514. The first-order valence-corrected chi connectivity index (χ1v) is 7.47. The van der Waals surface area contributed by atoms with Gasteiger partial charge in [-0.2, -0.15) is 5.10 Å². The SMILES string of the molecule is CCNC(Cc1cc(CC)nn1CC)c1cccnc1. The van der Waals surface area contributed by atoms with Crippen LogP contribution in [0.1, 0.15) is 43.8 Å². The largest absolute Gasteiger partial charge is 0.310 e. The molecular formula is C16H24N4. The Morgan fingerprint density at radius 3 is 2.75 bits per heavy atom. The van der Waals surface area contributed by atoms with Crippen LogP contribution in [-0.2, 0) is 19.4 Å². The fourth-order valence-electron chi connectivity index (χ4n) is 2.47. The molecule has 108 valence electrons. The molecule has 4 heteroatoms. The lowest BCUT2D eigenvalue weighted by Crippen LogP contribution is -2.24. The van der Waals surface area contributed by atoms with E-state index in [9.17, 15) is 0 Å². The van der Waals surface area contributed by atoms with Gasteiger partial charge in [0.2, 0.25) is 0 Å². The summed E-state index contributed by atoms with van der Waals surface area (Å²) < 4.78 is 2.11. The van der Waals surface area contributed by atoms with Gasteiger partial charge in [-0.25, -0.2) is 0 Å². The van der Waals surface area contributed by atoms with Gasteiger partial charge in [0.1, 0.15) is 0 Å². The first-order valence-electron chi connectivity index (χ1n) is 7.47. The molecule has 0 fully saturated rings. The average molecular weight is 272 g/mol. The summed E-state index contributed by atoms with van der Waals surface area (Å²) in [6, 6.07) is 6.65. The second kappa shape index (κ2) is 7.20. The molecule has 2 aromatic rings. The quantitative estimate of drug-likeness (QED) is 0.843. The smallest absolute Gasteiger partial charge is 0.0624 e. The minimum Gasteiger partial charge on any atom is -0.310 e. The summed E-state index contributed by atoms with van der Waals surface area (Å²) in [4.78, 5) is 4.23. The summed E-state index contributed by atoms with van der Waals surface area (Å²) in [7, 11) is 0. The Bertz CT molecular complexity index is 519. The van der Waals surface area contributed by atoms with Crippen LogP contribution in [-0.4, -0.2) is 21.3 Å². The monoisotopic (exact) mass is 272 g/mol. The average Bonchev–Trinajstić information content (AvgIpc) is 2.90. The molecule has 0 aliphatic heterocycles. The highest BCUT2D eigenvalue weighted by Crippen LogP contribution is 2.18. The maximum Gasteiger partial charge on any atom is 0.0624 e. The van der Waals surface area contributed by atoms with Crippen molar-refractivity contribution < 1.29 is 0 Å². The normalized spacial score (nSPS) is 12.6. The Kier molecular flexibility index (Phi) is 5.30. The van der Waals surface area contributed by atoms with Crippen molar-refractivity contribution in [2.24, 2.45) is 0 Å². The molecule has 20 heavy (non-hydrogen) atoms. The number of rotatable bonds is 7. The van der Waals surface area contributed by atoms with Crippen molar-refractivity contribution in [3.8, 4) is 0 Å². The van der Waals surface area contributed by atoms with Gasteiger partial charge in [-0.15, -0.1) is 0 Å². The molecule has 0 aromatic carbocycles. The number of likely N-dealkylation sites (N-methyl/N-ethyl adjacent to an activating group) is 1. The van der Waals surface area contributed by atoms with Crippen molar-refractivity contribution in [1.82, 2.24) is 20.1 Å². The number of nitrogens with one attached hydrogen (secondary N) is 1. The maximum atomic E-state index is 4.63. The van der Waals surface area contributed by atoms with Crippen molar-refractivity contribution in [3.05, 3.63) is 47.5 Å². The fourth-order valence-corrected chi connectivity index (χ4v) is 2.47. The van der Waals surface area contributed by atoms with Crippen molar-refractivity contribution in [1.29, 1.82) is 0 Å². The van der Waals surface area contributed by atoms with Gasteiger partial charge < -0.3 is 5.32 Å². The Labute approximate surface area is 121 Å². The predicted molar refractivity (Wildman–Crippen MR) is 81.6 cm³/mol. The van der Waals surface area contributed by atoms with Crippen LogP contribution in [0.15, 0.2) is 30.6 Å². The van der Waals surface area contributed by atoms with Gasteiger partial charge in [-0.3, -0.25) is 9.67 Å².